The van der Waals surface area contributed by atoms with E-state index in [1.807, 2.05) is 13.8 Å². The van der Waals surface area contributed by atoms with E-state index in [9.17, 15) is 4.39 Å². The Morgan fingerprint density at radius 2 is 2.20 bits per heavy atom. The minimum atomic E-state index is -0.341. The number of hydrogen-bond donors (Lipinski definition) is 1. The summed E-state index contributed by atoms with van der Waals surface area (Å²) in [5.41, 5.74) is 6.65. The van der Waals surface area contributed by atoms with E-state index in [1.165, 1.54) is 12.1 Å². The van der Waals surface area contributed by atoms with Crippen LogP contribution in [0.5, 0.6) is 5.75 Å². The molecule has 1 aromatic rings. The van der Waals surface area contributed by atoms with Crippen LogP contribution in [0.1, 0.15) is 31.7 Å². The van der Waals surface area contributed by atoms with Gasteiger partial charge in [0.05, 0.1) is 6.61 Å². The first-order valence-corrected chi connectivity index (χ1v) is 5.19. The zero-order chi connectivity index (χ0) is 11.1. The van der Waals surface area contributed by atoms with Crippen LogP contribution in [0.3, 0.4) is 0 Å². The second kappa shape index (κ2) is 3.49. The predicted molar refractivity (Wildman–Crippen MR) is 57.5 cm³/mol. The highest BCUT2D eigenvalue weighted by Gasteiger charge is 2.32. The molecule has 0 aromatic heterocycles. The fourth-order valence-corrected chi connectivity index (χ4v) is 2.14. The SMILES string of the molecule is CC(C)(N)C1CCOc2ccc(F)cc21. The summed E-state index contributed by atoms with van der Waals surface area (Å²) in [6, 6.07) is 4.64. The molecule has 0 saturated heterocycles. The fraction of sp³-hybridized carbons (Fsp3) is 0.500. The molecule has 1 aliphatic rings. The van der Waals surface area contributed by atoms with Gasteiger partial charge in [-0.25, -0.2) is 4.39 Å². The number of hydrogen-bond acceptors (Lipinski definition) is 2. The van der Waals surface area contributed by atoms with Crippen molar-refractivity contribution in [2.75, 3.05) is 6.61 Å². The van der Waals surface area contributed by atoms with Gasteiger partial charge in [-0.05, 0) is 38.5 Å². The summed E-state index contributed by atoms with van der Waals surface area (Å²) >= 11 is 0. The van der Waals surface area contributed by atoms with Crippen molar-refractivity contribution in [1.29, 1.82) is 0 Å². The lowest BCUT2D eigenvalue weighted by atomic mass is 9.79. The highest BCUT2D eigenvalue weighted by atomic mass is 19.1. The van der Waals surface area contributed by atoms with E-state index in [0.717, 1.165) is 17.7 Å². The van der Waals surface area contributed by atoms with Crippen LogP contribution < -0.4 is 10.5 Å². The predicted octanol–water partition coefficient (Wildman–Crippen LogP) is 2.43. The van der Waals surface area contributed by atoms with Crippen molar-refractivity contribution in [2.24, 2.45) is 5.73 Å². The zero-order valence-electron chi connectivity index (χ0n) is 9.09. The summed E-state index contributed by atoms with van der Waals surface area (Å²) in [4.78, 5) is 0. The van der Waals surface area contributed by atoms with Gasteiger partial charge in [0.25, 0.3) is 0 Å². The second-order valence-corrected chi connectivity index (χ2v) is 4.69. The number of nitrogens with two attached hydrogens (primary N) is 1. The first kappa shape index (κ1) is 10.4. The van der Waals surface area contributed by atoms with E-state index in [-0.39, 0.29) is 17.3 Å². The van der Waals surface area contributed by atoms with Gasteiger partial charge in [-0.2, -0.15) is 0 Å². The quantitative estimate of drug-likeness (QED) is 0.771. The molecule has 15 heavy (non-hydrogen) atoms. The molecule has 2 nitrogen and oxygen atoms in total. The molecule has 0 spiro atoms. The maximum absolute atomic E-state index is 13.2. The van der Waals surface area contributed by atoms with Gasteiger partial charge in [0.2, 0.25) is 0 Å². The molecule has 2 N–H and O–H groups in total. The Bertz CT molecular complexity index is 370. The molecule has 1 aliphatic heterocycles. The molecule has 0 radical (unpaired) electrons. The van der Waals surface area contributed by atoms with Crippen LogP contribution >= 0.6 is 0 Å². The Balaban J connectivity index is 2.45. The van der Waals surface area contributed by atoms with E-state index in [1.54, 1.807) is 6.07 Å². The molecule has 3 heteroatoms. The van der Waals surface area contributed by atoms with Crippen LogP contribution in [0.2, 0.25) is 0 Å². The molecule has 0 aliphatic carbocycles. The monoisotopic (exact) mass is 209 g/mol. The van der Waals surface area contributed by atoms with E-state index in [0.29, 0.717) is 6.61 Å². The van der Waals surface area contributed by atoms with E-state index >= 15 is 0 Å². The van der Waals surface area contributed by atoms with Gasteiger partial charge in [0.1, 0.15) is 11.6 Å². The normalized spacial score (nSPS) is 20.7. The summed E-state index contributed by atoms with van der Waals surface area (Å²) in [5, 5.41) is 0. The first-order chi connectivity index (χ1) is 6.98. The van der Waals surface area contributed by atoms with E-state index in [2.05, 4.69) is 0 Å². The van der Waals surface area contributed by atoms with Crippen molar-refractivity contribution in [3.8, 4) is 5.75 Å². The van der Waals surface area contributed by atoms with Gasteiger partial charge < -0.3 is 10.5 Å². The van der Waals surface area contributed by atoms with Gasteiger partial charge in [-0.15, -0.1) is 0 Å². The Hall–Kier alpha value is -1.09. The molecule has 0 amide bonds. The van der Waals surface area contributed by atoms with Crippen molar-refractivity contribution < 1.29 is 9.13 Å². The van der Waals surface area contributed by atoms with E-state index < -0.39 is 0 Å². The van der Waals surface area contributed by atoms with Crippen LogP contribution in [0, 0.1) is 5.82 Å². The Kier molecular flexibility index (Phi) is 2.43. The lowest BCUT2D eigenvalue weighted by Crippen LogP contribution is -2.41. The third-order valence-corrected chi connectivity index (χ3v) is 2.91. The zero-order valence-corrected chi connectivity index (χ0v) is 9.09. The molecule has 1 aromatic carbocycles. The molecule has 0 saturated carbocycles. The molecular weight excluding hydrogens is 193 g/mol. The van der Waals surface area contributed by atoms with Crippen molar-refractivity contribution in [3.63, 3.8) is 0 Å². The molecular formula is C12H16FNO. The molecule has 1 heterocycles. The van der Waals surface area contributed by atoms with Crippen LogP contribution in [-0.2, 0) is 0 Å². The van der Waals surface area contributed by atoms with Crippen molar-refractivity contribution >= 4 is 0 Å². The molecule has 82 valence electrons. The maximum Gasteiger partial charge on any atom is 0.123 e. The number of fused-ring (bicyclic) bond motifs is 1. The Morgan fingerprint density at radius 3 is 2.87 bits per heavy atom. The lowest BCUT2D eigenvalue weighted by Gasteiger charge is -2.35. The van der Waals surface area contributed by atoms with Gasteiger partial charge in [-0.1, -0.05) is 0 Å². The van der Waals surface area contributed by atoms with Crippen molar-refractivity contribution in [1.82, 2.24) is 0 Å². The van der Waals surface area contributed by atoms with Crippen LogP contribution in [0.25, 0.3) is 0 Å². The minimum Gasteiger partial charge on any atom is -0.493 e. The van der Waals surface area contributed by atoms with Gasteiger partial charge in [0, 0.05) is 17.0 Å². The number of benzene rings is 1. The number of halogens is 1. The maximum atomic E-state index is 13.2. The summed E-state index contributed by atoms with van der Waals surface area (Å²) in [7, 11) is 0. The topological polar surface area (TPSA) is 35.2 Å². The highest BCUT2D eigenvalue weighted by molar-refractivity contribution is 5.40. The molecule has 0 bridgehead atoms. The number of ether oxygens (including phenoxy) is 1. The van der Waals surface area contributed by atoms with E-state index in [4.69, 9.17) is 10.5 Å². The Morgan fingerprint density at radius 1 is 1.47 bits per heavy atom. The summed E-state index contributed by atoms with van der Waals surface area (Å²) in [5.74, 6) is 0.705. The minimum absolute atomic E-state index is 0.164. The first-order valence-electron chi connectivity index (χ1n) is 5.19. The van der Waals surface area contributed by atoms with Gasteiger partial charge >= 0.3 is 0 Å². The molecule has 2 rings (SSSR count). The Labute approximate surface area is 89.2 Å². The van der Waals surface area contributed by atoms with Crippen molar-refractivity contribution in [2.45, 2.75) is 31.7 Å². The number of rotatable bonds is 1. The lowest BCUT2D eigenvalue weighted by molar-refractivity contribution is 0.233. The van der Waals surface area contributed by atoms with Crippen LogP contribution in [0.4, 0.5) is 4.39 Å². The van der Waals surface area contributed by atoms with Crippen molar-refractivity contribution in [3.05, 3.63) is 29.6 Å². The third kappa shape index (κ3) is 1.97. The third-order valence-electron chi connectivity index (χ3n) is 2.91. The van der Waals surface area contributed by atoms with Crippen LogP contribution in [0.15, 0.2) is 18.2 Å². The summed E-state index contributed by atoms with van der Waals surface area (Å²) in [6.45, 7) is 4.60. The highest BCUT2D eigenvalue weighted by Crippen LogP contribution is 2.39. The summed E-state index contributed by atoms with van der Waals surface area (Å²) in [6.07, 6.45) is 0.847. The standard InChI is InChI=1S/C12H16FNO/c1-12(2,14)10-5-6-15-11-4-3-8(13)7-9(10)11/h3-4,7,10H,5-6,14H2,1-2H3. The molecule has 0 fully saturated rings. The molecule has 1 atom stereocenters. The van der Waals surface area contributed by atoms with Gasteiger partial charge in [-0.3, -0.25) is 0 Å². The largest absolute Gasteiger partial charge is 0.493 e. The smallest absolute Gasteiger partial charge is 0.123 e. The average Bonchev–Trinajstić information content (AvgIpc) is 2.15. The second-order valence-electron chi connectivity index (χ2n) is 4.69. The van der Waals surface area contributed by atoms with Gasteiger partial charge in [0.15, 0.2) is 0 Å². The van der Waals surface area contributed by atoms with Crippen LogP contribution in [-0.4, -0.2) is 12.1 Å². The average molecular weight is 209 g/mol. The molecule has 1 unspecified atom stereocenters. The fourth-order valence-electron chi connectivity index (χ4n) is 2.14. The summed E-state index contributed by atoms with van der Waals surface area (Å²) < 4.78 is 18.6.